The molecular formula is C14H15F6N. The Hall–Kier alpha value is -1.24. The van der Waals surface area contributed by atoms with Gasteiger partial charge in [0.05, 0.1) is 11.1 Å². The molecule has 1 nitrogen and oxygen atoms in total. The van der Waals surface area contributed by atoms with E-state index in [-0.39, 0.29) is 18.2 Å². The first-order valence-corrected chi connectivity index (χ1v) is 6.56. The lowest BCUT2D eigenvalue weighted by Crippen LogP contribution is -2.18. The normalized spacial score (nSPS) is 22.4. The molecule has 2 unspecified atom stereocenters. The minimum Gasteiger partial charge on any atom is -0.312 e. The van der Waals surface area contributed by atoms with Crippen LogP contribution in [0.1, 0.15) is 30.0 Å². The second kappa shape index (κ2) is 5.51. The Morgan fingerprint density at radius 1 is 1.00 bits per heavy atom. The molecule has 2 atom stereocenters. The van der Waals surface area contributed by atoms with Crippen LogP contribution in [0.15, 0.2) is 18.2 Å². The standard InChI is InChI=1S/C14H15F6N/c1-8-2-10(8)7-21-6-9-3-11(13(15,16)17)5-12(4-9)14(18,19)20/h3-5,8,10,21H,2,6-7H2,1H3. The highest BCUT2D eigenvalue weighted by atomic mass is 19.4. The van der Waals surface area contributed by atoms with Crippen molar-refractivity contribution in [3.63, 3.8) is 0 Å². The lowest BCUT2D eigenvalue weighted by Gasteiger charge is -2.14. The third kappa shape index (κ3) is 4.36. The van der Waals surface area contributed by atoms with Crippen LogP contribution in [-0.2, 0) is 18.9 Å². The van der Waals surface area contributed by atoms with Gasteiger partial charge >= 0.3 is 12.4 Å². The van der Waals surface area contributed by atoms with Gasteiger partial charge in [-0.05, 0) is 48.6 Å². The van der Waals surface area contributed by atoms with Crippen molar-refractivity contribution in [2.75, 3.05) is 6.54 Å². The van der Waals surface area contributed by atoms with Crippen molar-refractivity contribution in [3.8, 4) is 0 Å². The number of alkyl halides is 6. The Bertz CT molecular complexity index is 473. The van der Waals surface area contributed by atoms with E-state index in [4.69, 9.17) is 0 Å². The molecule has 0 bridgehead atoms. The molecule has 1 aliphatic rings. The molecule has 1 aromatic rings. The van der Waals surface area contributed by atoms with Gasteiger partial charge in [0.2, 0.25) is 0 Å². The monoisotopic (exact) mass is 311 g/mol. The van der Waals surface area contributed by atoms with Crippen LogP contribution >= 0.6 is 0 Å². The van der Waals surface area contributed by atoms with Gasteiger partial charge in [0, 0.05) is 6.54 Å². The molecule has 21 heavy (non-hydrogen) atoms. The van der Waals surface area contributed by atoms with Crippen LogP contribution < -0.4 is 5.32 Å². The minimum absolute atomic E-state index is 0.00375. The fourth-order valence-corrected chi connectivity index (χ4v) is 2.21. The van der Waals surface area contributed by atoms with Gasteiger partial charge in [0.15, 0.2) is 0 Å². The summed E-state index contributed by atoms with van der Waals surface area (Å²) >= 11 is 0. The fourth-order valence-electron chi connectivity index (χ4n) is 2.21. The second-order valence-corrected chi connectivity index (χ2v) is 5.52. The maximum atomic E-state index is 12.7. The Balaban J connectivity index is 2.14. The quantitative estimate of drug-likeness (QED) is 0.809. The van der Waals surface area contributed by atoms with E-state index in [0.29, 0.717) is 18.4 Å². The Labute approximate surface area is 118 Å². The van der Waals surface area contributed by atoms with Crippen LogP contribution in [0.5, 0.6) is 0 Å². The zero-order chi connectivity index (χ0) is 15.8. The third-order valence-electron chi connectivity index (χ3n) is 3.66. The number of hydrogen-bond donors (Lipinski definition) is 1. The van der Waals surface area contributed by atoms with Crippen molar-refractivity contribution >= 4 is 0 Å². The third-order valence-corrected chi connectivity index (χ3v) is 3.66. The zero-order valence-electron chi connectivity index (χ0n) is 11.3. The highest BCUT2D eigenvalue weighted by Crippen LogP contribution is 2.38. The molecule has 0 heterocycles. The number of benzene rings is 1. The van der Waals surface area contributed by atoms with E-state index in [1.54, 1.807) is 0 Å². The van der Waals surface area contributed by atoms with Gasteiger partial charge in [-0.25, -0.2) is 0 Å². The number of hydrogen-bond acceptors (Lipinski definition) is 1. The van der Waals surface area contributed by atoms with Gasteiger partial charge < -0.3 is 5.32 Å². The lowest BCUT2D eigenvalue weighted by atomic mass is 10.0. The average Bonchev–Trinajstić information content (AvgIpc) is 3.03. The maximum absolute atomic E-state index is 12.7. The average molecular weight is 311 g/mol. The molecule has 0 aliphatic heterocycles. The van der Waals surface area contributed by atoms with E-state index in [1.807, 2.05) is 0 Å². The van der Waals surface area contributed by atoms with Crippen molar-refractivity contribution in [2.45, 2.75) is 32.2 Å². The van der Waals surface area contributed by atoms with E-state index < -0.39 is 23.5 Å². The van der Waals surface area contributed by atoms with Crippen LogP contribution in [0, 0.1) is 11.8 Å². The van der Waals surface area contributed by atoms with Crippen LogP contribution in [0.3, 0.4) is 0 Å². The maximum Gasteiger partial charge on any atom is 0.416 e. The van der Waals surface area contributed by atoms with Gasteiger partial charge in [0.25, 0.3) is 0 Å². The molecule has 1 saturated carbocycles. The van der Waals surface area contributed by atoms with E-state index >= 15 is 0 Å². The summed E-state index contributed by atoms with van der Waals surface area (Å²) < 4.78 is 76.0. The summed E-state index contributed by atoms with van der Waals surface area (Å²) in [6, 6.07) is 1.67. The van der Waals surface area contributed by atoms with E-state index in [9.17, 15) is 26.3 Å². The van der Waals surface area contributed by atoms with Gasteiger partial charge in [-0.2, -0.15) is 26.3 Å². The van der Waals surface area contributed by atoms with Crippen molar-refractivity contribution in [1.29, 1.82) is 0 Å². The molecule has 1 N–H and O–H groups in total. The molecule has 0 saturated heterocycles. The second-order valence-electron chi connectivity index (χ2n) is 5.52. The SMILES string of the molecule is CC1CC1CNCc1cc(C(F)(F)F)cc(C(F)(F)F)c1. The first kappa shape index (κ1) is 16.1. The largest absolute Gasteiger partial charge is 0.416 e. The van der Waals surface area contributed by atoms with E-state index in [0.717, 1.165) is 18.6 Å². The predicted octanol–water partition coefficient (Wildman–Crippen LogP) is 4.47. The molecule has 7 heteroatoms. The Kier molecular flexibility index (Phi) is 4.24. The van der Waals surface area contributed by atoms with Crippen LogP contribution in [0.25, 0.3) is 0 Å². The molecule has 0 aromatic heterocycles. The summed E-state index contributed by atoms with van der Waals surface area (Å²) in [5.74, 6) is 1.04. The van der Waals surface area contributed by atoms with Crippen molar-refractivity contribution in [3.05, 3.63) is 34.9 Å². The fraction of sp³-hybridized carbons (Fsp3) is 0.571. The van der Waals surface area contributed by atoms with Gasteiger partial charge in [-0.15, -0.1) is 0 Å². The number of rotatable bonds is 4. The van der Waals surface area contributed by atoms with Gasteiger partial charge in [-0.1, -0.05) is 6.92 Å². The smallest absolute Gasteiger partial charge is 0.312 e. The van der Waals surface area contributed by atoms with Crippen molar-refractivity contribution in [2.24, 2.45) is 11.8 Å². The Morgan fingerprint density at radius 2 is 1.48 bits per heavy atom. The topological polar surface area (TPSA) is 12.0 Å². The predicted molar refractivity (Wildman–Crippen MR) is 65.4 cm³/mol. The first-order chi connectivity index (χ1) is 9.57. The van der Waals surface area contributed by atoms with E-state index in [1.165, 1.54) is 0 Å². The molecule has 0 spiro atoms. The zero-order valence-corrected chi connectivity index (χ0v) is 11.3. The summed E-state index contributed by atoms with van der Waals surface area (Å²) in [6.07, 6.45) is -8.54. The molecule has 0 radical (unpaired) electrons. The molecule has 118 valence electrons. The van der Waals surface area contributed by atoms with Crippen LogP contribution in [-0.4, -0.2) is 6.54 Å². The summed E-state index contributed by atoms with van der Waals surface area (Å²) in [4.78, 5) is 0. The molecule has 1 aliphatic carbocycles. The summed E-state index contributed by atoms with van der Waals surface area (Å²) in [7, 11) is 0. The highest BCUT2D eigenvalue weighted by molar-refractivity contribution is 5.33. The highest BCUT2D eigenvalue weighted by Gasteiger charge is 2.37. The first-order valence-electron chi connectivity index (χ1n) is 6.56. The van der Waals surface area contributed by atoms with Gasteiger partial charge in [0.1, 0.15) is 0 Å². The van der Waals surface area contributed by atoms with E-state index in [2.05, 4.69) is 12.2 Å². The lowest BCUT2D eigenvalue weighted by molar-refractivity contribution is -0.143. The van der Waals surface area contributed by atoms with Crippen molar-refractivity contribution in [1.82, 2.24) is 5.32 Å². The summed E-state index contributed by atoms with van der Waals surface area (Å²) in [5, 5.41) is 2.92. The molecule has 1 fully saturated rings. The molecular weight excluding hydrogens is 296 g/mol. The number of halogens is 6. The van der Waals surface area contributed by atoms with Crippen LogP contribution in [0.2, 0.25) is 0 Å². The van der Waals surface area contributed by atoms with Gasteiger partial charge in [-0.3, -0.25) is 0 Å². The Morgan fingerprint density at radius 3 is 1.86 bits per heavy atom. The minimum atomic E-state index is -4.79. The molecule has 2 rings (SSSR count). The molecule has 1 aromatic carbocycles. The van der Waals surface area contributed by atoms with Crippen LogP contribution in [0.4, 0.5) is 26.3 Å². The summed E-state index contributed by atoms with van der Waals surface area (Å²) in [6.45, 7) is 2.66. The number of nitrogens with one attached hydrogen (secondary N) is 1. The molecule has 0 amide bonds. The van der Waals surface area contributed by atoms with Crippen molar-refractivity contribution < 1.29 is 26.3 Å². The summed E-state index contributed by atoms with van der Waals surface area (Å²) in [5.41, 5.74) is -2.55.